The summed E-state index contributed by atoms with van der Waals surface area (Å²) in [6.07, 6.45) is 2.11. The van der Waals surface area contributed by atoms with Gasteiger partial charge in [-0.05, 0) is 36.0 Å². The first-order valence-electron chi connectivity index (χ1n) is 5.92. The summed E-state index contributed by atoms with van der Waals surface area (Å²) in [5.41, 5.74) is 7.70. The number of halogens is 1. The predicted molar refractivity (Wildman–Crippen MR) is 76.3 cm³/mol. The number of benzene rings is 1. The molecule has 1 rings (SSSR count). The first-order chi connectivity index (χ1) is 7.83. The minimum absolute atomic E-state index is 0.0782. The summed E-state index contributed by atoms with van der Waals surface area (Å²) < 4.78 is 6.20. The van der Waals surface area contributed by atoms with Crippen LogP contribution in [0.2, 0.25) is 0 Å². The summed E-state index contributed by atoms with van der Waals surface area (Å²) in [4.78, 5) is 0. The summed E-state index contributed by atoms with van der Waals surface area (Å²) >= 11 is 3.55. The lowest BCUT2D eigenvalue weighted by molar-refractivity contribution is 0.349. The van der Waals surface area contributed by atoms with Gasteiger partial charge in [0, 0.05) is 10.5 Å². The second-order valence-electron chi connectivity index (χ2n) is 5.59. The van der Waals surface area contributed by atoms with E-state index in [-0.39, 0.29) is 6.04 Å². The number of nitrogens with two attached hydrogens (primary N) is 1. The van der Waals surface area contributed by atoms with Crippen molar-refractivity contribution < 1.29 is 4.74 Å². The van der Waals surface area contributed by atoms with Crippen molar-refractivity contribution >= 4 is 15.9 Å². The topological polar surface area (TPSA) is 35.2 Å². The lowest BCUT2D eigenvalue weighted by Gasteiger charge is -2.21. The maximum Gasteiger partial charge on any atom is 0.120 e. The van der Waals surface area contributed by atoms with Crippen LogP contribution in [0.5, 0.6) is 5.75 Å². The average Bonchev–Trinajstić information content (AvgIpc) is 2.24. The normalized spacial score (nSPS) is 13.5. The van der Waals surface area contributed by atoms with Gasteiger partial charge in [-0.1, -0.05) is 42.8 Å². The van der Waals surface area contributed by atoms with Crippen molar-refractivity contribution in [2.75, 3.05) is 7.11 Å². The van der Waals surface area contributed by atoms with Gasteiger partial charge in [0.2, 0.25) is 0 Å². The molecule has 0 saturated carbocycles. The first kappa shape index (κ1) is 14.5. The zero-order valence-corrected chi connectivity index (χ0v) is 12.7. The molecular formula is C14H22BrNO. The van der Waals surface area contributed by atoms with E-state index in [4.69, 9.17) is 10.5 Å². The summed E-state index contributed by atoms with van der Waals surface area (Å²) in [7, 11) is 1.67. The molecule has 17 heavy (non-hydrogen) atoms. The molecular weight excluding hydrogens is 278 g/mol. The van der Waals surface area contributed by atoms with Crippen LogP contribution in [0.15, 0.2) is 22.7 Å². The fraction of sp³-hybridized carbons (Fsp3) is 0.571. The molecule has 1 unspecified atom stereocenters. The molecule has 0 saturated heterocycles. The van der Waals surface area contributed by atoms with Gasteiger partial charge in [0.1, 0.15) is 5.75 Å². The van der Waals surface area contributed by atoms with Gasteiger partial charge >= 0.3 is 0 Å². The third kappa shape index (κ3) is 4.68. The second-order valence-corrected chi connectivity index (χ2v) is 6.45. The van der Waals surface area contributed by atoms with Gasteiger partial charge in [-0.2, -0.15) is 0 Å². The van der Waals surface area contributed by atoms with Crippen LogP contribution in [-0.4, -0.2) is 7.11 Å². The van der Waals surface area contributed by atoms with Crippen LogP contribution in [0.3, 0.4) is 0 Å². The molecule has 0 aliphatic heterocycles. The highest BCUT2D eigenvalue weighted by Gasteiger charge is 2.15. The molecule has 0 heterocycles. The van der Waals surface area contributed by atoms with Crippen molar-refractivity contribution in [3.8, 4) is 5.75 Å². The quantitative estimate of drug-likeness (QED) is 0.900. The van der Waals surface area contributed by atoms with E-state index in [2.05, 4.69) is 36.7 Å². The van der Waals surface area contributed by atoms with Gasteiger partial charge in [-0.25, -0.2) is 0 Å². The van der Waals surface area contributed by atoms with Gasteiger partial charge in [0.05, 0.1) is 7.11 Å². The smallest absolute Gasteiger partial charge is 0.120 e. The van der Waals surface area contributed by atoms with Crippen LogP contribution in [0.25, 0.3) is 0 Å². The fourth-order valence-electron chi connectivity index (χ4n) is 1.68. The Morgan fingerprint density at radius 2 is 2.00 bits per heavy atom. The first-order valence-corrected chi connectivity index (χ1v) is 6.72. The molecule has 0 amide bonds. The van der Waals surface area contributed by atoms with Crippen molar-refractivity contribution in [2.24, 2.45) is 11.1 Å². The van der Waals surface area contributed by atoms with E-state index >= 15 is 0 Å². The van der Waals surface area contributed by atoms with Gasteiger partial charge in [-0.3, -0.25) is 0 Å². The fourth-order valence-corrected chi connectivity index (χ4v) is 2.33. The Morgan fingerprint density at radius 3 is 2.47 bits per heavy atom. The monoisotopic (exact) mass is 299 g/mol. The van der Waals surface area contributed by atoms with Crippen molar-refractivity contribution in [3.63, 3.8) is 0 Å². The minimum atomic E-state index is 0.0782. The van der Waals surface area contributed by atoms with Crippen LogP contribution in [0, 0.1) is 5.41 Å². The molecule has 0 aliphatic rings. The number of ether oxygens (including phenoxy) is 1. The molecule has 2 N–H and O–H groups in total. The van der Waals surface area contributed by atoms with Crippen molar-refractivity contribution in [2.45, 2.75) is 39.7 Å². The van der Waals surface area contributed by atoms with Gasteiger partial charge in [0.15, 0.2) is 0 Å². The van der Waals surface area contributed by atoms with Crippen molar-refractivity contribution in [3.05, 3.63) is 28.2 Å². The molecule has 1 aromatic carbocycles. The predicted octanol–water partition coefficient (Wildman–Crippen LogP) is 4.28. The van der Waals surface area contributed by atoms with Crippen LogP contribution in [0.4, 0.5) is 0 Å². The molecule has 0 bridgehead atoms. The van der Waals surface area contributed by atoms with E-state index in [0.717, 1.165) is 28.6 Å². The highest BCUT2D eigenvalue weighted by molar-refractivity contribution is 9.10. The number of rotatable bonds is 4. The molecule has 2 nitrogen and oxygen atoms in total. The molecule has 0 fully saturated rings. The molecule has 3 heteroatoms. The largest absolute Gasteiger partial charge is 0.497 e. The molecule has 0 spiro atoms. The Labute approximate surface area is 113 Å². The summed E-state index contributed by atoms with van der Waals surface area (Å²) in [6.45, 7) is 6.72. The number of hydrogen-bond acceptors (Lipinski definition) is 2. The average molecular weight is 300 g/mol. The summed E-state index contributed by atoms with van der Waals surface area (Å²) in [6, 6.07) is 6.04. The molecule has 0 aromatic heterocycles. The summed E-state index contributed by atoms with van der Waals surface area (Å²) in [5, 5.41) is 0. The third-order valence-corrected chi connectivity index (χ3v) is 3.50. The Bertz CT molecular complexity index is 371. The van der Waals surface area contributed by atoms with Crippen LogP contribution in [0.1, 0.15) is 45.2 Å². The molecule has 0 aliphatic carbocycles. The number of methoxy groups -OCH3 is 1. The Balaban J connectivity index is 2.72. The van der Waals surface area contributed by atoms with E-state index < -0.39 is 0 Å². The molecule has 0 radical (unpaired) electrons. The lowest BCUT2D eigenvalue weighted by Crippen LogP contribution is -2.15. The van der Waals surface area contributed by atoms with Crippen molar-refractivity contribution in [1.82, 2.24) is 0 Å². The lowest BCUT2D eigenvalue weighted by atomic mass is 9.87. The van der Waals surface area contributed by atoms with Crippen LogP contribution >= 0.6 is 15.9 Å². The van der Waals surface area contributed by atoms with E-state index in [1.54, 1.807) is 7.11 Å². The Morgan fingerprint density at radius 1 is 1.35 bits per heavy atom. The zero-order chi connectivity index (χ0) is 13.1. The van der Waals surface area contributed by atoms with E-state index in [1.807, 2.05) is 18.2 Å². The maximum atomic E-state index is 6.22. The van der Waals surface area contributed by atoms with Gasteiger partial charge in [0.25, 0.3) is 0 Å². The van der Waals surface area contributed by atoms with Crippen LogP contribution in [-0.2, 0) is 0 Å². The highest BCUT2D eigenvalue weighted by atomic mass is 79.9. The van der Waals surface area contributed by atoms with Gasteiger partial charge < -0.3 is 10.5 Å². The summed E-state index contributed by atoms with van der Waals surface area (Å²) in [5.74, 6) is 0.851. The standard InChI is InChI=1S/C14H22BrNO/c1-14(2,3)8-7-13(16)11-6-5-10(17-4)9-12(11)15/h5-6,9,13H,7-8,16H2,1-4H3. The van der Waals surface area contributed by atoms with Gasteiger partial charge in [-0.15, -0.1) is 0 Å². The zero-order valence-electron chi connectivity index (χ0n) is 11.1. The molecule has 1 aromatic rings. The van der Waals surface area contributed by atoms with E-state index in [9.17, 15) is 0 Å². The Hall–Kier alpha value is -0.540. The van der Waals surface area contributed by atoms with E-state index in [1.165, 1.54) is 0 Å². The molecule has 1 atom stereocenters. The number of hydrogen-bond donors (Lipinski definition) is 1. The highest BCUT2D eigenvalue weighted by Crippen LogP contribution is 2.31. The minimum Gasteiger partial charge on any atom is -0.497 e. The third-order valence-electron chi connectivity index (χ3n) is 2.81. The molecule has 96 valence electrons. The van der Waals surface area contributed by atoms with E-state index in [0.29, 0.717) is 5.41 Å². The SMILES string of the molecule is COc1ccc(C(N)CCC(C)(C)C)c(Br)c1. The van der Waals surface area contributed by atoms with Crippen molar-refractivity contribution in [1.29, 1.82) is 0 Å². The van der Waals surface area contributed by atoms with Crippen LogP contribution < -0.4 is 10.5 Å². The second kappa shape index (κ2) is 5.87. The maximum absolute atomic E-state index is 6.22. The Kier molecular flexibility index (Phi) is 5.02.